The molecule has 5 aliphatic rings. The van der Waals surface area contributed by atoms with Crippen molar-refractivity contribution >= 4 is 39.0 Å². The van der Waals surface area contributed by atoms with E-state index in [0.717, 1.165) is 57.0 Å². The maximum atomic E-state index is 6.45. The van der Waals surface area contributed by atoms with Gasteiger partial charge in [0, 0.05) is 39.3 Å². The van der Waals surface area contributed by atoms with Crippen LogP contribution in [0.1, 0.15) is 30.4 Å². The largest absolute Gasteiger partial charge is 0.456 e. The number of rotatable bonds is 5. The molecule has 53 heavy (non-hydrogen) atoms. The molecule has 2 heteroatoms. The molecular formula is C51H37NO. The second-order valence-electron chi connectivity index (χ2n) is 16.5. The van der Waals surface area contributed by atoms with Crippen molar-refractivity contribution in [3.8, 4) is 33.4 Å². The Kier molecular flexibility index (Phi) is 5.39. The smallest absolute Gasteiger partial charge is 0.137 e. The average molecular weight is 680 g/mol. The summed E-state index contributed by atoms with van der Waals surface area (Å²) in [4.78, 5) is 2.43. The van der Waals surface area contributed by atoms with E-state index >= 15 is 0 Å². The molecule has 7 aromatic carbocycles. The number of hydrogen-bond donors (Lipinski definition) is 0. The average Bonchev–Trinajstić information content (AvgIpc) is 3.70. The van der Waals surface area contributed by atoms with Gasteiger partial charge in [0.25, 0.3) is 0 Å². The van der Waals surface area contributed by atoms with Gasteiger partial charge in [-0.3, -0.25) is 0 Å². The summed E-state index contributed by atoms with van der Waals surface area (Å²) in [6, 6.07) is 60.7. The lowest BCUT2D eigenvalue weighted by atomic mass is 9.11. The Balaban J connectivity index is 0.994. The molecule has 5 aliphatic carbocycles. The predicted molar refractivity (Wildman–Crippen MR) is 216 cm³/mol. The molecule has 0 amide bonds. The standard InChI is InChI=1S/C51H37NO/c1-3-9-31(10-4-1)33-15-18-37(19-16-33)52(39-20-23-42-41-13-7-8-14-46(41)53-47(42)30-39)38-21-24-44-43(29-38)40-22-17-34(32-11-5-2-6-12-32)25-45(40)51(44)48-27-35-26-36-28-49(51)50(35,36)48/h1-25,29-30,35-36,48-49H,26-28H2. The van der Waals surface area contributed by atoms with Gasteiger partial charge in [-0.25, -0.2) is 0 Å². The van der Waals surface area contributed by atoms with E-state index in [1.165, 1.54) is 58.3 Å². The number of anilines is 3. The quantitative estimate of drug-likeness (QED) is 0.180. The maximum absolute atomic E-state index is 6.45. The van der Waals surface area contributed by atoms with Gasteiger partial charge in [0.2, 0.25) is 0 Å². The molecule has 2 nitrogen and oxygen atoms in total. The lowest BCUT2D eigenvalue weighted by molar-refractivity contribution is -0.412. The lowest BCUT2D eigenvalue weighted by Gasteiger charge is -2.92. The van der Waals surface area contributed by atoms with Gasteiger partial charge in [0.15, 0.2) is 0 Å². The minimum atomic E-state index is 0.150. The molecule has 4 atom stereocenters. The third kappa shape index (κ3) is 3.42. The van der Waals surface area contributed by atoms with Crippen molar-refractivity contribution < 1.29 is 4.42 Å². The van der Waals surface area contributed by atoms with Crippen molar-refractivity contribution in [3.63, 3.8) is 0 Å². The molecule has 0 aliphatic heterocycles. The van der Waals surface area contributed by atoms with Gasteiger partial charge in [0.05, 0.1) is 0 Å². The van der Waals surface area contributed by atoms with E-state index < -0.39 is 0 Å². The van der Waals surface area contributed by atoms with Gasteiger partial charge in [-0.15, -0.1) is 0 Å². The Morgan fingerprint density at radius 2 is 1.04 bits per heavy atom. The van der Waals surface area contributed by atoms with Crippen LogP contribution in [-0.2, 0) is 5.41 Å². The molecule has 252 valence electrons. The fraction of sp³-hybridized carbons (Fsp3) is 0.176. The normalized spacial score (nSPS) is 26.4. The Morgan fingerprint density at radius 1 is 0.434 bits per heavy atom. The second kappa shape index (κ2) is 9.96. The third-order valence-corrected chi connectivity index (χ3v) is 14.8. The van der Waals surface area contributed by atoms with Crippen LogP contribution in [0.4, 0.5) is 17.1 Å². The number of nitrogens with zero attached hydrogens (tertiary/aromatic N) is 1. The summed E-state index contributed by atoms with van der Waals surface area (Å²) >= 11 is 0. The zero-order valence-electron chi connectivity index (χ0n) is 29.4. The summed E-state index contributed by atoms with van der Waals surface area (Å²) in [5, 5.41) is 2.30. The monoisotopic (exact) mass is 679 g/mol. The SMILES string of the molecule is c1ccc(-c2ccc(N(c3ccc4c(c3)-c3ccc(-c5ccccc5)cc3C43C4CC5CC6CC3C564)c3ccc4c(c3)oc3ccccc34)cc2)cc1. The molecule has 1 aromatic heterocycles. The first-order chi connectivity index (χ1) is 26.2. The molecule has 4 saturated carbocycles. The molecule has 4 unspecified atom stereocenters. The van der Waals surface area contributed by atoms with Crippen molar-refractivity contribution in [1.29, 1.82) is 0 Å². The van der Waals surface area contributed by atoms with Crippen molar-refractivity contribution in [3.05, 3.63) is 175 Å². The number of fused-ring (bicyclic) bond motifs is 10. The van der Waals surface area contributed by atoms with E-state index in [4.69, 9.17) is 4.42 Å². The molecule has 2 spiro atoms. The number of benzene rings is 7. The Hall–Kier alpha value is -5.86. The van der Waals surface area contributed by atoms with E-state index in [9.17, 15) is 0 Å². The topological polar surface area (TPSA) is 16.4 Å². The van der Waals surface area contributed by atoms with Crippen LogP contribution in [0.3, 0.4) is 0 Å². The summed E-state index contributed by atoms with van der Waals surface area (Å²) in [6.07, 6.45) is 4.29. The number of hydrogen-bond acceptors (Lipinski definition) is 2. The predicted octanol–water partition coefficient (Wildman–Crippen LogP) is 13.3. The summed E-state index contributed by atoms with van der Waals surface area (Å²) in [5.74, 6) is 3.53. The van der Waals surface area contributed by atoms with Crippen molar-refractivity contribution in [2.45, 2.75) is 24.7 Å². The van der Waals surface area contributed by atoms with E-state index in [0.29, 0.717) is 5.41 Å². The molecule has 1 heterocycles. The zero-order valence-corrected chi connectivity index (χ0v) is 29.4. The lowest BCUT2D eigenvalue weighted by Crippen LogP contribution is -2.88. The first kappa shape index (κ1) is 28.7. The minimum absolute atomic E-state index is 0.150. The molecule has 8 aromatic rings. The van der Waals surface area contributed by atoms with Crippen molar-refractivity contribution in [2.75, 3.05) is 4.90 Å². The molecule has 0 radical (unpaired) electrons. The molecular weight excluding hydrogens is 643 g/mol. The van der Waals surface area contributed by atoms with Crippen LogP contribution in [-0.4, -0.2) is 0 Å². The molecule has 0 N–H and O–H groups in total. The Morgan fingerprint density at radius 3 is 1.79 bits per heavy atom. The molecule has 4 fully saturated rings. The highest BCUT2D eigenvalue weighted by Gasteiger charge is 2.90. The minimum Gasteiger partial charge on any atom is -0.456 e. The van der Waals surface area contributed by atoms with Crippen LogP contribution in [0.15, 0.2) is 168 Å². The van der Waals surface area contributed by atoms with Gasteiger partial charge in [-0.05, 0) is 141 Å². The molecule has 0 saturated heterocycles. The summed E-state index contributed by atoms with van der Waals surface area (Å²) in [6.45, 7) is 0. The van der Waals surface area contributed by atoms with Crippen LogP contribution in [0, 0.1) is 29.1 Å². The number of furan rings is 1. The van der Waals surface area contributed by atoms with Gasteiger partial charge >= 0.3 is 0 Å². The second-order valence-corrected chi connectivity index (χ2v) is 16.5. The number of para-hydroxylation sites is 1. The summed E-state index contributed by atoms with van der Waals surface area (Å²) < 4.78 is 6.45. The van der Waals surface area contributed by atoms with E-state index in [2.05, 4.69) is 163 Å². The van der Waals surface area contributed by atoms with Crippen molar-refractivity contribution in [2.24, 2.45) is 29.1 Å². The molecule has 0 bridgehead atoms. The van der Waals surface area contributed by atoms with Crippen LogP contribution < -0.4 is 4.90 Å². The fourth-order valence-electron chi connectivity index (χ4n) is 12.7. The maximum Gasteiger partial charge on any atom is 0.137 e. The summed E-state index contributed by atoms with van der Waals surface area (Å²) in [5.41, 5.74) is 17.2. The highest BCUT2D eigenvalue weighted by Crippen LogP contribution is 2.94. The van der Waals surface area contributed by atoms with E-state index in [1.807, 2.05) is 6.07 Å². The zero-order chi connectivity index (χ0) is 34.5. The van der Waals surface area contributed by atoms with Crippen LogP contribution in [0.5, 0.6) is 0 Å². The van der Waals surface area contributed by atoms with Crippen molar-refractivity contribution in [1.82, 2.24) is 0 Å². The fourth-order valence-corrected chi connectivity index (χ4v) is 12.7. The van der Waals surface area contributed by atoms with Crippen LogP contribution in [0.2, 0.25) is 0 Å². The first-order valence-electron chi connectivity index (χ1n) is 19.4. The Labute approximate surface area is 309 Å². The van der Waals surface area contributed by atoms with Gasteiger partial charge < -0.3 is 9.32 Å². The molecule has 13 rings (SSSR count). The van der Waals surface area contributed by atoms with Gasteiger partial charge in [0.1, 0.15) is 11.2 Å². The van der Waals surface area contributed by atoms with E-state index in [1.54, 1.807) is 11.1 Å². The first-order valence-corrected chi connectivity index (χ1v) is 19.4. The Bertz CT molecular complexity index is 2770. The third-order valence-electron chi connectivity index (χ3n) is 14.8. The highest BCUT2D eigenvalue weighted by molar-refractivity contribution is 6.06. The summed E-state index contributed by atoms with van der Waals surface area (Å²) in [7, 11) is 0. The van der Waals surface area contributed by atoms with E-state index in [-0.39, 0.29) is 5.41 Å². The highest BCUT2D eigenvalue weighted by atomic mass is 16.3. The van der Waals surface area contributed by atoms with Gasteiger partial charge in [-0.2, -0.15) is 0 Å². The van der Waals surface area contributed by atoms with Crippen LogP contribution in [0.25, 0.3) is 55.3 Å². The van der Waals surface area contributed by atoms with Gasteiger partial charge in [-0.1, -0.05) is 109 Å². The van der Waals surface area contributed by atoms with Crippen LogP contribution >= 0.6 is 0 Å².